The van der Waals surface area contributed by atoms with Gasteiger partial charge in [0.2, 0.25) is 0 Å². The first kappa shape index (κ1) is 21.7. The molecule has 0 aliphatic carbocycles. The number of hydrogen-bond donors (Lipinski definition) is 1. The second-order valence-corrected chi connectivity index (χ2v) is 6.72. The zero-order valence-corrected chi connectivity index (χ0v) is 16.7. The van der Waals surface area contributed by atoms with E-state index in [0.29, 0.717) is 10.6 Å². The molecule has 156 valence electrons. The normalized spacial score (nSPS) is 10.2. The van der Waals surface area contributed by atoms with E-state index < -0.39 is 29.2 Å². The summed E-state index contributed by atoms with van der Waals surface area (Å²) in [5.74, 6) is -2.05. The minimum atomic E-state index is -0.879. The van der Waals surface area contributed by atoms with Crippen LogP contribution < -0.4 is 5.32 Å². The number of rotatable bonds is 7. The summed E-state index contributed by atoms with van der Waals surface area (Å²) in [6.45, 7) is -0.686. The van der Waals surface area contributed by atoms with Crippen LogP contribution in [0.3, 0.4) is 0 Å². The lowest BCUT2D eigenvalue weighted by molar-refractivity contribution is -0.383. The maximum Gasteiger partial charge on any atom is 0.339 e. The molecule has 8 nitrogen and oxygen atoms in total. The number of nitro groups is 1. The second kappa shape index (κ2) is 9.64. The number of para-hydroxylation sites is 2. The molecular formula is C22H15ClN2O6. The molecule has 1 amide bonds. The van der Waals surface area contributed by atoms with Crippen LogP contribution in [0.5, 0.6) is 0 Å². The Hall–Kier alpha value is -4.04. The minimum Gasteiger partial charge on any atom is -0.452 e. The van der Waals surface area contributed by atoms with Crippen molar-refractivity contribution in [2.24, 2.45) is 0 Å². The van der Waals surface area contributed by atoms with E-state index in [9.17, 15) is 24.5 Å². The molecule has 1 N–H and O–H groups in total. The summed E-state index contributed by atoms with van der Waals surface area (Å²) < 4.78 is 5.01. The molecule has 0 atom stereocenters. The van der Waals surface area contributed by atoms with Crippen molar-refractivity contribution in [3.63, 3.8) is 0 Å². The van der Waals surface area contributed by atoms with E-state index >= 15 is 0 Å². The van der Waals surface area contributed by atoms with Crippen LogP contribution in [-0.4, -0.2) is 29.2 Å². The van der Waals surface area contributed by atoms with E-state index in [-0.39, 0.29) is 22.5 Å². The van der Waals surface area contributed by atoms with E-state index in [4.69, 9.17) is 16.3 Å². The fraction of sp³-hybridized carbons (Fsp3) is 0.0455. The first-order valence-corrected chi connectivity index (χ1v) is 9.34. The smallest absolute Gasteiger partial charge is 0.339 e. The van der Waals surface area contributed by atoms with E-state index in [0.717, 1.165) is 0 Å². The average Bonchev–Trinajstić information content (AvgIpc) is 2.77. The molecule has 31 heavy (non-hydrogen) atoms. The van der Waals surface area contributed by atoms with Crippen LogP contribution >= 0.6 is 11.6 Å². The Bertz CT molecular complexity index is 1160. The SMILES string of the molecule is O=C(COC(=O)c1ccccc1C(=O)c1ccc(Cl)cc1)Nc1ccccc1[N+](=O)[O-]. The van der Waals surface area contributed by atoms with Crippen molar-refractivity contribution >= 4 is 40.6 Å². The van der Waals surface area contributed by atoms with E-state index in [1.165, 1.54) is 48.5 Å². The third kappa shape index (κ3) is 5.31. The van der Waals surface area contributed by atoms with Crippen molar-refractivity contribution in [1.82, 2.24) is 0 Å². The number of nitrogens with zero attached hydrogens (tertiary/aromatic N) is 1. The maximum absolute atomic E-state index is 12.8. The number of carbonyl (C=O) groups is 3. The Kier molecular flexibility index (Phi) is 6.74. The van der Waals surface area contributed by atoms with Crippen molar-refractivity contribution in [2.75, 3.05) is 11.9 Å². The fourth-order valence-electron chi connectivity index (χ4n) is 2.75. The van der Waals surface area contributed by atoms with Crippen molar-refractivity contribution in [3.8, 4) is 0 Å². The molecule has 0 heterocycles. The van der Waals surface area contributed by atoms with Crippen LogP contribution in [0.4, 0.5) is 11.4 Å². The summed E-state index contributed by atoms with van der Waals surface area (Å²) in [4.78, 5) is 47.8. The molecule has 0 radical (unpaired) electrons. The van der Waals surface area contributed by atoms with Crippen molar-refractivity contribution in [1.29, 1.82) is 0 Å². The molecule has 0 bridgehead atoms. The number of ketones is 1. The quantitative estimate of drug-likeness (QED) is 0.255. The van der Waals surface area contributed by atoms with Gasteiger partial charge in [-0.25, -0.2) is 4.79 Å². The molecule has 0 saturated carbocycles. The highest BCUT2D eigenvalue weighted by molar-refractivity contribution is 6.30. The number of halogens is 1. The van der Waals surface area contributed by atoms with E-state index in [2.05, 4.69) is 5.32 Å². The zero-order chi connectivity index (χ0) is 22.4. The summed E-state index contributed by atoms with van der Waals surface area (Å²) in [6.07, 6.45) is 0. The molecule has 0 aliphatic rings. The number of nitrogens with one attached hydrogen (secondary N) is 1. The molecule has 0 unspecified atom stereocenters. The first-order chi connectivity index (χ1) is 14.9. The van der Waals surface area contributed by atoms with Gasteiger partial charge in [-0.1, -0.05) is 41.9 Å². The van der Waals surface area contributed by atoms with Crippen LogP contribution in [0.2, 0.25) is 5.02 Å². The van der Waals surface area contributed by atoms with Crippen molar-refractivity contribution in [2.45, 2.75) is 0 Å². The number of amides is 1. The maximum atomic E-state index is 12.8. The molecule has 0 fully saturated rings. The van der Waals surface area contributed by atoms with E-state index in [1.807, 2.05) is 0 Å². The molecule has 3 rings (SSSR count). The second-order valence-electron chi connectivity index (χ2n) is 6.28. The highest BCUT2D eigenvalue weighted by atomic mass is 35.5. The molecule has 9 heteroatoms. The Morgan fingerprint density at radius 1 is 0.903 bits per heavy atom. The van der Waals surface area contributed by atoms with Gasteiger partial charge in [-0.05, 0) is 36.4 Å². The minimum absolute atomic E-state index is 0.0130. The standard InChI is InChI=1S/C22H15ClN2O6/c23-15-11-9-14(10-12-15)21(27)16-5-1-2-6-17(16)22(28)31-13-20(26)24-18-7-3-4-8-19(18)25(29)30/h1-12H,13H2,(H,24,26). The Morgan fingerprint density at radius 2 is 1.52 bits per heavy atom. The molecule has 3 aromatic rings. The van der Waals surface area contributed by atoms with Gasteiger partial charge in [0.25, 0.3) is 11.6 Å². The lowest BCUT2D eigenvalue weighted by Gasteiger charge is -2.10. The van der Waals surface area contributed by atoms with Crippen LogP contribution in [0.1, 0.15) is 26.3 Å². The summed E-state index contributed by atoms with van der Waals surface area (Å²) in [6, 6.07) is 17.8. The third-order valence-corrected chi connectivity index (χ3v) is 4.46. The van der Waals surface area contributed by atoms with Gasteiger partial charge in [0, 0.05) is 22.2 Å². The van der Waals surface area contributed by atoms with E-state index in [1.54, 1.807) is 24.3 Å². The Labute approximate surface area is 181 Å². The average molecular weight is 439 g/mol. The molecular weight excluding hydrogens is 424 g/mol. The monoisotopic (exact) mass is 438 g/mol. The number of benzene rings is 3. The van der Waals surface area contributed by atoms with Crippen molar-refractivity contribution in [3.05, 3.63) is 105 Å². The van der Waals surface area contributed by atoms with Crippen LogP contribution in [0.15, 0.2) is 72.8 Å². The first-order valence-electron chi connectivity index (χ1n) is 8.96. The van der Waals surface area contributed by atoms with Crippen LogP contribution in [-0.2, 0) is 9.53 Å². The number of esters is 1. The lowest BCUT2D eigenvalue weighted by Crippen LogP contribution is -2.22. The third-order valence-electron chi connectivity index (χ3n) is 4.21. The predicted octanol–water partition coefficient (Wildman–Crippen LogP) is 4.27. The number of carbonyl (C=O) groups excluding carboxylic acids is 3. The summed E-state index contributed by atoms with van der Waals surface area (Å²) >= 11 is 5.84. The number of ether oxygens (including phenoxy) is 1. The fourth-order valence-corrected chi connectivity index (χ4v) is 2.88. The Morgan fingerprint density at radius 3 is 2.19 bits per heavy atom. The highest BCUT2D eigenvalue weighted by Crippen LogP contribution is 2.23. The van der Waals surface area contributed by atoms with Gasteiger partial charge in [0.15, 0.2) is 12.4 Å². The van der Waals surface area contributed by atoms with Gasteiger partial charge >= 0.3 is 5.97 Å². The zero-order valence-electron chi connectivity index (χ0n) is 15.9. The van der Waals surface area contributed by atoms with Gasteiger partial charge in [-0.2, -0.15) is 0 Å². The predicted molar refractivity (Wildman–Crippen MR) is 113 cm³/mol. The number of nitro benzene ring substituents is 1. The number of hydrogen-bond acceptors (Lipinski definition) is 6. The number of anilines is 1. The van der Waals surface area contributed by atoms with Gasteiger partial charge in [0.05, 0.1) is 10.5 Å². The van der Waals surface area contributed by atoms with Gasteiger partial charge in [0.1, 0.15) is 5.69 Å². The van der Waals surface area contributed by atoms with Gasteiger partial charge in [-0.15, -0.1) is 0 Å². The molecule has 3 aromatic carbocycles. The summed E-state index contributed by atoms with van der Waals surface area (Å²) in [5, 5.41) is 13.8. The largest absolute Gasteiger partial charge is 0.452 e. The molecule has 0 aromatic heterocycles. The summed E-state index contributed by atoms with van der Waals surface area (Å²) in [5.41, 5.74) is 0.113. The van der Waals surface area contributed by atoms with Gasteiger partial charge < -0.3 is 10.1 Å². The Balaban J connectivity index is 1.70. The van der Waals surface area contributed by atoms with Gasteiger partial charge in [-0.3, -0.25) is 19.7 Å². The molecule has 0 spiro atoms. The molecule has 0 saturated heterocycles. The molecule has 0 aliphatic heterocycles. The topological polar surface area (TPSA) is 116 Å². The van der Waals surface area contributed by atoms with Crippen LogP contribution in [0.25, 0.3) is 0 Å². The lowest BCUT2D eigenvalue weighted by atomic mass is 9.98. The highest BCUT2D eigenvalue weighted by Gasteiger charge is 2.21. The van der Waals surface area contributed by atoms with Crippen LogP contribution in [0, 0.1) is 10.1 Å². The summed E-state index contributed by atoms with van der Waals surface area (Å²) in [7, 11) is 0. The van der Waals surface area contributed by atoms with Crippen molar-refractivity contribution < 1.29 is 24.0 Å².